The molecule has 0 unspecified atom stereocenters. The molecule has 1 saturated carbocycles. The van der Waals surface area contributed by atoms with E-state index in [4.69, 9.17) is 5.73 Å². The minimum Gasteiger partial charge on any atom is -0.349 e. The average molecular weight is 287 g/mol. The highest BCUT2D eigenvalue weighted by Crippen LogP contribution is 2.24. The Morgan fingerprint density at radius 2 is 1.95 bits per heavy atom. The third-order valence-electron chi connectivity index (χ3n) is 4.37. The highest BCUT2D eigenvalue weighted by atomic mass is 16.2. The highest BCUT2D eigenvalue weighted by molar-refractivity contribution is 5.98. The van der Waals surface area contributed by atoms with Gasteiger partial charge in [-0.15, -0.1) is 0 Å². The average Bonchev–Trinajstić information content (AvgIpc) is 2.49. The zero-order chi connectivity index (χ0) is 14.8. The summed E-state index contributed by atoms with van der Waals surface area (Å²) < 4.78 is 0. The van der Waals surface area contributed by atoms with Crippen molar-refractivity contribution in [2.45, 2.75) is 50.6 Å². The Morgan fingerprint density at radius 1 is 1.19 bits per heavy atom. The van der Waals surface area contributed by atoms with Gasteiger partial charge in [-0.25, -0.2) is 0 Å². The molecule has 1 aromatic carbocycles. The van der Waals surface area contributed by atoms with E-state index in [-0.39, 0.29) is 23.9 Å². The predicted molar refractivity (Wildman–Crippen MR) is 81.1 cm³/mol. The normalized spacial score (nSPS) is 24.9. The van der Waals surface area contributed by atoms with E-state index in [1.54, 1.807) is 6.07 Å². The second-order valence-electron chi connectivity index (χ2n) is 6.01. The number of nitrogens with two attached hydrogens (primary N) is 1. The fraction of sp³-hybridized carbons (Fsp3) is 0.500. The molecule has 2 aliphatic rings. The maximum atomic E-state index is 12.3. The van der Waals surface area contributed by atoms with Crippen LogP contribution >= 0.6 is 0 Å². The monoisotopic (exact) mass is 287 g/mol. The SMILES string of the molecule is NC1CCC(NC(=O)c2ccc3c(c2)CCC(=O)N3)CC1. The number of nitrogens with one attached hydrogen (secondary N) is 2. The van der Waals surface area contributed by atoms with E-state index in [2.05, 4.69) is 10.6 Å². The summed E-state index contributed by atoms with van der Waals surface area (Å²) in [6.07, 6.45) is 5.03. The summed E-state index contributed by atoms with van der Waals surface area (Å²) in [4.78, 5) is 23.6. The van der Waals surface area contributed by atoms with Gasteiger partial charge in [0.15, 0.2) is 0 Å². The van der Waals surface area contributed by atoms with Crippen LogP contribution in [0.3, 0.4) is 0 Å². The zero-order valence-corrected chi connectivity index (χ0v) is 12.0. The molecule has 4 N–H and O–H groups in total. The maximum Gasteiger partial charge on any atom is 0.251 e. The number of benzene rings is 1. The summed E-state index contributed by atoms with van der Waals surface area (Å²) in [6, 6.07) is 5.99. The van der Waals surface area contributed by atoms with E-state index in [0.29, 0.717) is 18.4 Å². The number of hydrogen-bond donors (Lipinski definition) is 3. The minimum atomic E-state index is -0.0322. The Balaban J connectivity index is 1.66. The van der Waals surface area contributed by atoms with Crippen molar-refractivity contribution in [3.05, 3.63) is 29.3 Å². The van der Waals surface area contributed by atoms with Gasteiger partial charge in [-0.3, -0.25) is 9.59 Å². The molecule has 21 heavy (non-hydrogen) atoms. The summed E-state index contributed by atoms with van der Waals surface area (Å²) in [5.74, 6) is 0.00779. The Morgan fingerprint density at radius 3 is 2.71 bits per heavy atom. The van der Waals surface area contributed by atoms with Crippen LogP contribution in [0.5, 0.6) is 0 Å². The van der Waals surface area contributed by atoms with E-state index in [0.717, 1.165) is 36.9 Å². The Labute approximate surface area is 124 Å². The summed E-state index contributed by atoms with van der Waals surface area (Å²) in [7, 11) is 0. The molecule has 3 rings (SSSR count). The largest absolute Gasteiger partial charge is 0.349 e. The van der Waals surface area contributed by atoms with Crippen molar-refractivity contribution in [2.24, 2.45) is 5.73 Å². The molecule has 1 aliphatic carbocycles. The minimum absolute atomic E-state index is 0.0322. The lowest BCUT2D eigenvalue weighted by Gasteiger charge is -2.27. The van der Waals surface area contributed by atoms with E-state index >= 15 is 0 Å². The molecule has 0 spiro atoms. The first-order chi connectivity index (χ1) is 10.1. The van der Waals surface area contributed by atoms with Crippen LogP contribution in [-0.4, -0.2) is 23.9 Å². The summed E-state index contributed by atoms with van der Waals surface area (Å²) in [5, 5.41) is 5.92. The van der Waals surface area contributed by atoms with Gasteiger partial charge < -0.3 is 16.4 Å². The first-order valence-electron chi connectivity index (χ1n) is 7.61. The predicted octanol–water partition coefficient (Wildman–Crippen LogP) is 1.57. The molecule has 0 atom stereocenters. The van der Waals surface area contributed by atoms with Gasteiger partial charge in [-0.2, -0.15) is 0 Å². The van der Waals surface area contributed by atoms with Gasteiger partial charge in [0, 0.05) is 29.8 Å². The lowest BCUT2D eigenvalue weighted by molar-refractivity contribution is -0.116. The number of amides is 2. The zero-order valence-electron chi connectivity index (χ0n) is 12.0. The van der Waals surface area contributed by atoms with E-state index in [9.17, 15) is 9.59 Å². The molecule has 1 fully saturated rings. The third-order valence-corrected chi connectivity index (χ3v) is 4.37. The first-order valence-corrected chi connectivity index (χ1v) is 7.61. The number of carbonyl (C=O) groups is 2. The number of anilines is 1. The van der Waals surface area contributed by atoms with Crippen molar-refractivity contribution in [1.29, 1.82) is 0 Å². The third kappa shape index (κ3) is 3.24. The standard InChI is InChI=1S/C16H21N3O2/c17-12-3-5-13(6-4-12)18-16(21)11-1-7-14-10(9-11)2-8-15(20)19-14/h1,7,9,12-13H,2-6,8,17H2,(H,18,21)(H,19,20). The molecule has 1 aromatic rings. The smallest absolute Gasteiger partial charge is 0.251 e. The number of aryl methyl sites for hydroxylation is 1. The van der Waals surface area contributed by atoms with Gasteiger partial charge in [0.25, 0.3) is 5.91 Å². The Bertz CT molecular complexity index is 563. The van der Waals surface area contributed by atoms with Crippen LogP contribution in [0.4, 0.5) is 5.69 Å². The summed E-state index contributed by atoms with van der Waals surface area (Å²) >= 11 is 0. The molecule has 112 valence electrons. The van der Waals surface area contributed by atoms with Gasteiger partial charge in [-0.1, -0.05) is 0 Å². The quantitative estimate of drug-likeness (QED) is 0.772. The molecule has 0 aromatic heterocycles. The highest BCUT2D eigenvalue weighted by Gasteiger charge is 2.21. The fourth-order valence-electron chi connectivity index (χ4n) is 3.06. The fourth-order valence-corrected chi connectivity index (χ4v) is 3.06. The van der Waals surface area contributed by atoms with Crippen molar-refractivity contribution in [3.8, 4) is 0 Å². The number of fused-ring (bicyclic) bond motifs is 1. The van der Waals surface area contributed by atoms with Crippen molar-refractivity contribution in [1.82, 2.24) is 5.32 Å². The molecular weight excluding hydrogens is 266 g/mol. The van der Waals surface area contributed by atoms with Crippen molar-refractivity contribution in [2.75, 3.05) is 5.32 Å². The second-order valence-corrected chi connectivity index (χ2v) is 6.01. The van der Waals surface area contributed by atoms with Gasteiger partial charge in [0.05, 0.1) is 0 Å². The van der Waals surface area contributed by atoms with E-state index in [1.807, 2.05) is 12.1 Å². The maximum absolute atomic E-state index is 12.3. The Kier molecular flexibility index (Phi) is 3.92. The molecule has 0 bridgehead atoms. The molecule has 1 heterocycles. The Hall–Kier alpha value is -1.88. The van der Waals surface area contributed by atoms with Crippen LogP contribution in [0.25, 0.3) is 0 Å². The number of rotatable bonds is 2. The molecule has 5 nitrogen and oxygen atoms in total. The van der Waals surface area contributed by atoms with Crippen molar-refractivity contribution in [3.63, 3.8) is 0 Å². The van der Waals surface area contributed by atoms with Crippen molar-refractivity contribution >= 4 is 17.5 Å². The van der Waals surface area contributed by atoms with Gasteiger partial charge >= 0.3 is 0 Å². The van der Waals surface area contributed by atoms with Crippen LogP contribution in [0, 0.1) is 0 Å². The van der Waals surface area contributed by atoms with Crippen LogP contribution < -0.4 is 16.4 Å². The second kappa shape index (κ2) is 5.85. The molecule has 1 aliphatic heterocycles. The molecule has 0 saturated heterocycles. The van der Waals surface area contributed by atoms with Gasteiger partial charge in [0.2, 0.25) is 5.91 Å². The lowest BCUT2D eigenvalue weighted by atomic mass is 9.91. The molecule has 2 amide bonds. The van der Waals surface area contributed by atoms with Crippen LogP contribution in [-0.2, 0) is 11.2 Å². The lowest BCUT2D eigenvalue weighted by Crippen LogP contribution is -2.40. The van der Waals surface area contributed by atoms with Gasteiger partial charge in [0.1, 0.15) is 0 Å². The van der Waals surface area contributed by atoms with Crippen molar-refractivity contribution < 1.29 is 9.59 Å². The first kappa shape index (κ1) is 14.1. The number of carbonyl (C=O) groups excluding carboxylic acids is 2. The van der Waals surface area contributed by atoms with Crippen LogP contribution in [0.1, 0.15) is 48.0 Å². The van der Waals surface area contributed by atoms with E-state index < -0.39 is 0 Å². The number of hydrogen-bond acceptors (Lipinski definition) is 3. The molecular formula is C16H21N3O2. The summed E-state index contributed by atoms with van der Waals surface area (Å²) in [6.45, 7) is 0. The summed E-state index contributed by atoms with van der Waals surface area (Å²) in [5.41, 5.74) is 8.41. The van der Waals surface area contributed by atoms with Crippen LogP contribution in [0.15, 0.2) is 18.2 Å². The molecule has 5 heteroatoms. The van der Waals surface area contributed by atoms with E-state index in [1.165, 1.54) is 0 Å². The van der Waals surface area contributed by atoms with Crippen LogP contribution in [0.2, 0.25) is 0 Å². The van der Waals surface area contributed by atoms with Gasteiger partial charge in [-0.05, 0) is 55.9 Å². The topological polar surface area (TPSA) is 84.2 Å². The molecule has 0 radical (unpaired) electrons.